The van der Waals surface area contributed by atoms with Gasteiger partial charge in [0.25, 0.3) is 5.54 Å². The van der Waals surface area contributed by atoms with Gasteiger partial charge in [-0.25, -0.2) is 0 Å². The third-order valence-corrected chi connectivity index (χ3v) is 0. The summed E-state index contributed by atoms with van der Waals surface area (Å²) in [7, 11) is 1.80. The first-order valence-corrected chi connectivity index (χ1v) is 5.91. The molecule has 0 amide bonds. The Kier molecular flexibility index (Phi) is 2.24. The molecule has 0 saturated heterocycles. The maximum absolute atomic E-state index is 9.71. The fourth-order valence-electron chi connectivity index (χ4n) is 0. The van der Waals surface area contributed by atoms with Crippen molar-refractivity contribution in [3.8, 4) is 0 Å². The molecular weight excluding hydrogens is 149 g/mol. The van der Waals surface area contributed by atoms with Crippen LogP contribution in [0.3, 0.4) is 0 Å². The van der Waals surface area contributed by atoms with E-state index in [1.807, 2.05) is 0 Å². The van der Waals surface area contributed by atoms with Crippen LogP contribution in [0.25, 0.3) is 0 Å². The van der Waals surface area contributed by atoms with Gasteiger partial charge in [0.2, 0.25) is 0 Å². The summed E-state index contributed by atoms with van der Waals surface area (Å²) in [6.45, 7) is 0. The van der Waals surface area contributed by atoms with Crippen LogP contribution >= 0.6 is 36.9 Å². The average Bonchev–Trinajstić information content (AvgIpc) is 0.722. The predicted octanol–water partition coefficient (Wildman–Crippen LogP) is 2.45. The molecule has 0 aliphatic rings. The van der Waals surface area contributed by atoms with E-state index in [2.05, 4.69) is 0 Å². The minimum Gasteiger partial charge on any atom is -0.285 e. The standard InChI is InChI=1S/Cl2H2OP2/c1-5(2,3)4/h4H2. The molecule has 0 fully saturated rings. The molecule has 0 heterocycles. The molecule has 0 radical (unpaired) electrons. The fraction of sp³-hybridized carbons (Fsp3) is 0. The Morgan fingerprint density at radius 3 is 1.60 bits per heavy atom. The highest BCUT2D eigenvalue weighted by Crippen LogP contribution is 2.64. The molecule has 5 heavy (non-hydrogen) atoms. The van der Waals surface area contributed by atoms with Crippen LogP contribution in [0.1, 0.15) is 0 Å². The lowest BCUT2D eigenvalue weighted by atomic mass is 16.0. The van der Waals surface area contributed by atoms with Crippen molar-refractivity contribution in [3.63, 3.8) is 0 Å². The van der Waals surface area contributed by atoms with Crippen LogP contribution in [0, 0.1) is 0 Å². The molecule has 0 aromatic heterocycles. The van der Waals surface area contributed by atoms with Crippen molar-refractivity contribution in [2.24, 2.45) is 0 Å². The quantitative estimate of drug-likeness (QED) is 0.485. The second kappa shape index (κ2) is 1.80. The second-order valence-corrected chi connectivity index (χ2v) is 9.19. The van der Waals surface area contributed by atoms with Gasteiger partial charge in [-0.1, -0.05) is 0 Å². The molecule has 1 atom stereocenters. The van der Waals surface area contributed by atoms with E-state index in [4.69, 9.17) is 22.5 Å². The zero-order valence-corrected chi connectivity index (χ0v) is 5.75. The van der Waals surface area contributed by atoms with E-state index in [1.54, 1.807) is 8.93 Å². The number of hydrogen-bond acceptors (Lipinski definition) is 1. The van der Waals surface area contributed by atoms with Crippen molar-refractivity contribution >= 4 is 36.9 Å². The van der Waals surface area contributed by atoms with Gasteiger partial charge in [0.1, 0.15) is 0 Å². The number of rotatable bonds is 0. The van der Waals surface area contributed by atoms with Crippen LogP contribution in [0.5, 0.6) is 0 Å². The Morgan fingerprint density at radius 2 is 1.60 bits per heavy atom. The summed E-state index contributed by atoms with van der Waals surface area (Å²) in [4.78, 5) is 0. The highest BCUT2D eigenvalue weighted by molar-refractivity contribution is 8.43. The lowest BCUT2D eigenvalue weighted by Crippen LogP contribution is -1.17. The van der Waals surface area contributed by atoms with Gasteiger partial charge in [0, 0.05) is 0 Å². The summed E-state index contributed by atoms with van der Waals surface area (Å²) >= 11 is 9.63. The van der Waals surface area contributed by atoms with Crippen LogP contribution in [-0.4, -0.2) is 0 Å². The van der Waals surface area contributed by atoms with Gasteiger partial charge < -0.3 is 0 Å². The summed E-state index contributed by atoms with van der Waals surface area (Å²) < 4.78 is 9.71. The van der Waals surface area contributed by atoms with Crippen LogP contribution in [-0.2, 0) is 4.57 Å². The summed E-state index contributed by atoms with van der Waals surface area (Å²) in [6.07, 6.45) is 0. The van der Waals surface area contributed by atoms with Gasteiger partial charge in [0.15, 0.2) is 0 Å². The first-order valence-electron chi connectivity index (χ1n) is 0.779. The van der Waals surface area contributed by atoms with Crippen molar-refractivity contribution in [3.05, 3.63) is 0 Å². The summed E-state index contributed by atoms with van der Waals surface area (Å²) in [5.74, 6) is 0. The van der Waals surface area contributed by atoms with E-state index in [0.29, 0.717) is 0 Å². The molecule has 0 aliphatic heterocycles. The number of halogens is 2. The van der Waals surface area contributed by atoms with E-state index in [-0.39, 0.29) is 0 Å². The first-order chi connectivity index (χ1) is 2.00. The average molecular weight is 151 g/mol. The summed E-state index contributed by atoms with van der Waals surface area (Å²) in [5, 5.41) is 0. The SMILES string of the molecule is O=P(P)(Cl)Cl. The van der Waals surface area contributed by atoms with Gasteiger partial charge in [-0.3, -0.25) is 4.57 Å². The van der Waals surface area contributed by atoms with Gasteiger partial charge in [-0.15, -0.1) is 0 Å². The Bertz CT molecular complexity index is 53.8. The van der Waals surface area contributed by atoms with E-state index >= 15 is 0 Å². The minimum atomic E-state index is -2.78. The van der Waals surface area contributed by atoms with Crippen molar-refractivity contribution < 1.29 is 4.57 Å². The third kappa shape index (κ3) is 35.8. The Labute approximate surface area is 42.1 Å². The lowest BCUT2D eigenvalue weighted by molar-refractivity contribution is 0.600. The van der Waals surface area contributed by atoms with Gasteiger partial charge in [-0.2, -0.15) is 0 Å². The number of hydrogen-bond donors (Lipinski definition) is 0. The maximum Gasteiger partial charge on any atom is 0.266 e. The van der Waals surface area contributed by atoms with Crippen LogP contribution in [0.2, 0.25) is 0 Å². The highest BCUT2D eigenvalue weighted by Gasteiger charge is 1.98. The molecule has 0 bridgehead atoms. The molecule has 32 valence electrons. The minimum absolute atomic E-state index is 1.80. The highest BCUT2D eigenvalue weighted by atomic mass is 35.9. The van der Waals surface area contributed by atoms with Crippen molar-refractivity contribution in [1.82, 2.24) is 0 Å². The molecule has 0 spiro atoms. The van der Waals surface area contributed by atoms with Crippen LogP contribution < -0.4 is 0 Å². The molecular formula is H2Cl2OP2. The second-order valence-electron chi connectivity index (χ2n) is 0.502. The zero-order chi connectivity index (χ0) is 4.50. The van der Waals surface area contributed by atoms with Crippen molar-refractivity contribution in [2.45, 2.75) is 0 Å². The maximum atomic E-state index is 9.71. The van der Waals surface area contributed by atoms with Gasteiger partial charge >= 0.3 is 0 Å². The molecule has 5 heteroatoms. The molecule has 0 aromatic rings. The largest absolute Gasteiger partial charge is 0.285 e. The van der Waals surface area contributed by atoms with E-state index in [1.165, 1.54) is 0 Å². The fourth-order valence-corrected chi connectivity index (χ4v) is 0. The van der Waals surface area contributed by atoms with E-state index in [0.717, 1.165) is 0 Å². The van der Waals surface area contributed by atoms with Crippen LogP contribution in [0.4, 0.5) is 0 Å². The smallest absolute Gasteiger partial charge is 0.266 e. The molecule has 1 unspecified atom stereocenters. The van der Waals surface area contributed by atoms with Gasteiger partial charge in [0.05, 0.1) is 0 Å². The summed E-state index contributed by atoms with van der Waals surface area (Å²) in [5.41, 5.74) is -2.78. The predicted molar refractivity (Wildman–Crippen MR) is 29.0 cm³/mol. The Morgan fingerprint density at radius 1 is 1.60 bits per heavy atom. The van der Waals surface area contributed by atoms with E-state index < -0.39 is 5.54 Å². The normalized spacial score (nSPS) is 11.8. The molecule has 1 nitrogen and oxygen atoms in total. The summed E-state index contributed by atoms with van der Waals surface area (Å²) in [6, 6.07) is 0. The molecule has 0 aliphatic carbocycles. The lowest BCUT2D eigenvalue weighted by Gasteiger charge is -1.78. The van der Waals surface area contributed by atoms with E-state index in [9.17, 15) is 4.57 Å². The topological polar surface area (TPSA) is 17.1 Å². The Balaban J connectivity index is 3.47. The molecule has 0 aromatic carbocycles. The molecule has 0 saturated carbocycles. The molecule has 0 N–H and O–H groups in total. The van der Waals surface area contributed by atoms with Crippen LogP contribution in [0.15, 0.2) is 0 Å². The molecule has 0 rings (SSSR count). The van der Waals surface area contributed by atoms with Crippen molar-refractivity contribution in [1.29, 1.82) is 0 Å². The van der Waals surface area contributed by atoms with Gasteiger partial charge in [-0.05, 0) is 31.4 Å². The zero-order valence-electron chi connectivity index (χ0n) is 2.19. The third-order valence-electron chi connectivity index (χ3n) is 0. The Hall–Kier alpha value is 1.24. The van der Waals surface area contributed by atoms with Crippen molar-refractivity contribution in [2.75, 3.05) is 0 Å². The monoisotopic (exact) mass is 150 g/mol. The first kappa shape index (κ1) is 6.24.